The predicted molar refractivity (Wildman–Crippen MR) is 162 cm³/mol. The summed E-state index contributed by atoms with van der Waals surface area (Å²) in [5, 5.41) is 5.67. The highest BCUT2D eigenvalue weighted by molar-refractivity contribution is 7.91. The topological polar surface area (TPSA) is 107 Å². The molecular formula is C30H39N7O3S. The number of likely N-dealkylation sites (tertiary alicyclic amines) is 1. The molecule has 2 fully saturated rings. The van der Waals surface area contributed by atoms with Crippen LogP contribution in [-0.2, 0) is 14.6 Å². The van der Waals surface area contributed by atoms with E-state index in [1.807, 2.05) is 30.1 Å². The fourth-order valence-corrected chi connectivity index (χ4v) is 7.58. The molecule has 41 heavy (non-hydrogen) atoms. The van der Waals surface area contributed by atoms with Crippen LogP contribution < -0.4 is 4.90 Å². The summed E-state index contributed by atoms with van der Waals surface area (Å²) in [6.07, 6.45) is 5.49. The Kier molecular flexibility index (Phi) is 7.27. The van der Waals surface area contributed by atoms with Crippen molar-refractivity contribution in [2.45, 2.75) is 38.5 Å². The summed E-state index contributed by atoms with van der Waals surface area (Å²) in [7, 11) is 0.867. The number of amides is 1. The van der Waals surface area contributed by atoms with Crippen LogP contribution in [0.3, 0.4) is 0 Å². The maximum absolute atomic E-state index is 12.5. The zero-order chi connectivity index (χ0) is 28.9. The number of piperidine rings is 1. The van der Waals surface area contributed by atoms with Gasteiger partial charge in [0, 0.05) is 48.8 Å². The lowest BCUT2D eigenvalue weighted by atomic mass is 9.87. The minimum atomic E-state index is -3.00. The average Bonchev–Trinajstić information content (AvgIpc) is 3.57. The molecule has 10 nitrogen and oxygen atoms in total. The standard InChI is InChI=1S/C30H39N7O3S/c1-20(2)28-24-15-22(21-7-9-36(10-8-21)27(38)18-34(3)4)5-6-25(24)33-29(28)23-16-26(30-31-19-32-37(30)17-23)35-11-13-41(39,40)14-12-35/h5-6,15-17,19-21,33H,7-14,18H2,1-4H3. The van der Waals surface area contributed by atoms with E-state index in [1.165, 1.54) is 16.5 Å². The molecule has 6 rings (SSSR count). The van der Waals surface area contributed by atoms with Crippen molar-refractivity contribution < 1.29 is 13.2 Å². The number of carbonyl (C=O) groups excluding carboxylic acids is 1. The first-order chi connectivity index (χ1) is 19.6. The van der Waals surface area contributed by atoms with Gasteiger partial charge in [-0.05, 0) is 68.1 Å². The van der Waals surface area contributed by atoms with Crippen molar-refractivity contribution in [2.75, 3.05) is 63.2 Å². The molecule has 218 valence electrons. The van der Waals surface area contributed by atoms with Gasteiger partial charge in [0.25, 0.3) is 0 Å². The fourth-order valence-electron chi connectivity index (χ4n) is 6.38. The van der Waals surface area contributed by atoms with Crippen LogP contribution in [0.4, 0.5) is 5.69 Å². The van der Waals surface area contributed by atoms with E-state index in [2.05, 4.69) is 58.1 Å². The molecule has 1 amide bonds. The lowest BCUT2D eigenvalue weighted by Gasteiger charge is -2.33. The third-order valence-corrected chi connectivity index (χ3v) is 10.1. The summed E-state index contributed by atoms with van der Waals surface area (Å²) in [5.74, 6) is 1.19. The van der Waals surface area contributed by atoms with Crippen molar-refractivity contribution in [1.29, 1.82) is 0 Å². The number of nitrogens with zero attached hydrogens (tertiary/aromatic N) is 6. The second-order valence-electron chi connectivity index (χ2n) is 12.0. The van der Waals surface area contributed by atoms with Gasteiger partial charge in [-0.25, -0.2) is 17.9 Å². The number of aromatic amines is 1. The van der Waals surface area contributed by atoms with Gasteiger partial charge < -0.3 is 19.7 Å². The number of rotatable bonds is 6. The highest BCUT2D eigenvalue weighted by Crippen LogP contribution is 2.39. The zero-order valence-corrected chi connectivity index (χ0v) is 25.1. The molecule has 0 spiro atoms. The van der Waals surface area contributed by atoms with Gasteiger partial charge in [-0.3, -0.25) is 4.79 Å². The molecule has 2 aliphatic heterocycles. The van der Waals surface area contributed by atoms with E-state index >= 15 is 0 Å². The molecule has 0 saturated carbocycles. The number of H-pyrrole nitrogens is 1. The molecule has 0 atom stereocenters. The number of benzene rings is 1. The van der Waals surface area contributed by atoms with Gasteiger partial charge in [0.2, 0.25) is 5.91 Å². The Balaban J connectivity index is 1.34. The smallest absolute Gasteiger partial charge is 0.236 e. The number of carbonyl (C=O) groups is 1. The SMILES string of the molecule is CC(C)c1c(-c2cc(N3CCS(=O)(=O)CC3)c3ncnn3c2)[nH]c2ccc(C3CCN(C(=O)CN(C)C)CC3)cc12. The lowest BCUT2D eigenvalue weighted by Crippen LogP contribution is -2.42. The summed E-state index contributed by atoms with van der Waals surface area (Å²) in [4.78, 5) is 26.8. The van der Waals surface area contributed by atoms with E-state index < -0.39 is 9.84 Å². The average molecular weight is 578 g/mol. The minimum Gasteiger partial charge on any atom is -0.366 e. The molecule has 3 aromatic heterocycles. The van der Waals surface area contributed by atoms with Crippen LogP contribution in [0.5, 0.6) is 0 Å². The number of sulfone groups is 1. The van der Waals surface area contributed by atoms with E-state index in [0.29, 0.717) is 25.6 Å². The van der Waals surface area contributed by atoms with Gasteiger partial charge in [0.15, 0.2) is 15.5 Å². The highest BCUT2D eigenvalue weighted by Gasteiger charge is 2.27. The number of anilines is 1. The predicted octanol–water partition coefficient (Wildman–Crippen LogP) is 3.50. The number of hydrogen-bond acceptors (Lipinski definition) is 7. The maximum atomic E-state index is 12.5. The molecule has 5 heterocycles. The Bertz CT molecular complexity index is 1680. The molecule has 0 aliphatic carbocycles. The summed E-state index contributed by atoms with van der Waals surface area (Å²) in [6.45, 7) is 7.38. The Morgan fingerprint density at radius 2 is 1.83 bits per heavy atom. The third kappa shape index (κ3) is 5.44. The molecule has 0 bridgehead atoms. The van der Waals surface area contributed by atoms with Gasteiger partial charge in [0.1, 0.15) is 6.33 Å². The Labute approximate surface area is 241 Å². The van der Waals surface area contributed by atoms with E-state index in [1.54, 1.807) is 10.8 Å². The first kappa shape index (κ1) is 27.7. The lowest BCUT2D eigenvalue weighted by molar-refractivity contribution is -0.132. The van der Waals surface area contributed by atoms with Crippen molar-refractivity contribution in [3.63, 3.8) is 0 Å². The van der Waals surface area contributed by atoms with Crippen molar-refractivity contribution >= 4 is 38.0 Å². The van der Waals surface area contributed by atoms with Crippen molar-refractivity contribution in [3.8, 4) is 11.3 Å². The molecule has 2 aliphatic rings. The van der Waals surface area contributed by atoms with Crippen molar-refractivity contribution in [3.05, 3.63) is 47.9 Å². The summed E-state index contributed by atoms with van der Waals surface area (Å²) >= 11 is 0. The van der Waals surface area contributed by atoms with Crippen LogP contribution in [0.2, 0.25) is 0 Å². The molecule has 11 heteroatoms. The van der Waals surface area contributed by atoms with E-state index in [4.69, 9.17) is 0 Å². The van der Waals surface area contributed by atoms with Gasteiger partial charge in [-0.2, -0.15) is 5.10 Å². The number of aromatic nitrogens is 4. The molecule has 2 saturated heterocycles. The van der Waals surface area contributed by atoms with Crippen molar-refractivity contribution in [1.82, 2.24) is 29.4 Å². The number of fused-ring (bicyclic) bond motifs is 2. The van der Waals surface area contributed by atoms with Crippen LogP contribution >= 0.6 is 0 Å². The van der Waals surface area contributed by atoms with E-state index in [9.17, 15) is 13.2 Å². The Morgan fingerprint density at radius 3 is 2.51 bits per heavy atom. The summed E-state index contributed by atoms with van der Waals surface area (Å²) in [5.41, 5.74) is 7.36. The Morgan fingerprint density at radius 1 is 1.10 bits per heavy atom. The van der Waals surface area contributed by atoms with Gasteiger partial charge in [-0.15, -0.1) is 0 Å². The highest BCUT2D eigenvalue weighted by atomic mass is 32.2. The second kappa shape index (κ2) is 10.8. The number of pyridine rings is 1. The van der Waals surface area contributed by atoms with E-state index in [-0.39, 0.29) is 23.3 Å². The van der Waals surface area contributed by atoms with E-state index in [0.717, 1.165) is 54.0 Å². The quantitative estimate of drug-likeness (QED) is 0.374. The monoisotopic (exact) mass is 577 g/mol. The molecular weight excluding hydrogens is 538 g/mol. The van der Waals surface area contributed by atoms with Crippen molar-refractivity contribution in [2.24, 2.45) is 0 Å². The molecule has 0 unspecified atom stereocenters. The Hall–Kier alpha value is -3.44. The molecule has 1 N–H and O–H groups in total. The van der Waals surface area contributed by atoms with Crippen LogP contribution in [0.25, 0.3) is 27.8 Å². The van der Waals surface area contributed by atoms with Crippen LogP contribution in [0.1, 0.15) is 49.7 Å². The third-order valence-electron chi connectivity index (χ3n) is 8.54. The van der Waals surface area contributed by atoms with Crippen LogP contribution in [0.15, 0.2) is 36.8 Å². The van der Waals surface area contributed by atoms with Crippen LogP contribution in [0, 0.1) is 0 Å². The molecule has 1 aromatic carbocycles. The fraction of sp³-hybridized carbons (Fsp3) is 0.500. The maximum Gasteiger partial charge on any atom is 0.236 e. The largest absolute Gasteiger partial charge is 0.366 e. The van der Waals surface area contributed by atoms with Gasteiger partial charge >= 0.3 is 0 Å². The summed E-state index contributed by atoms with van der Waals surface area (Å²) in [6, 6.07) is 8.89. The number of likely N-dealkylation sites (N-methyl/N-ethyl adjacent to an activating group) is 1. The normalized spacial score (nSPS) is 18.3. The first-order valence-electron chi connectivity index (χ1n) is 14.5. The second-order valence-corrected chi connectivity index (χ2v) is 14.4. The van der Waals surface area contributed by atoms with Gasteiger partial charge in [-0.1, -0.05) is 19.9 Å². The minimum absolute atomic E-state index is 0.146. The molecule has 0 radical (unpaired) electrons. The number of nitrogens with one attached hydrogen (secondary N) is 1. The summed E-state index contributed by atoms with van der Waals surface area (Å²) < 4.78 is 26.0. The van der Waals surface area contributed by atoms with Gasteiger partial charge in [0.05, 0.1) is 29.4 Å². The molecule has 4 aromatic rings. The number of hydrogen-bond donors (Lipinski definition) is 1. The first-order valence-corrected chi connectivity index (χ1v) is 16.3. The zero-order valence-electron chi connectivity index (χ0n) is 24.3. The van der Waals surface area contributed by atoms with Crippen LogP contribution in [-0.4, -0.2) is 102 Å².